The van der Waals surface area contributed by atoms with Gasteiger partial charge >= 0.3 is 0 Å². The van der Waals surface area contributed by atoms with Crippen LogP contribution in [0.2, 0.25) is 5.02 Å². The zero-order valence-electron chi connectivity index (χ0n) is 13.6. The van der Waals surface area contributed by atoms with Crippen LogP contribution in [0, 0.1) is 6.92 Å². The van der Waals surface area contributed by atoms with Gasteiger partial charge in [0.25, 0.3) is 5.91 Å². The number of carbonyl (C=O) groups excluding carboxylic acids is 1. The number of aromatic nitrogens is 2. The van der Waals surface area contributed by atoms with Crippen LogP contribution in [0.1, 0.15) is 18.4 Å². The van der Waals surface area contributed by atoms with E-state index < -0.39 is 5.91 Å². The van der Waals surface area contributed by atoms with E-state index >= 15 is 0 Å². The Morgan fingerprint density at radius 2 is 1.92 bits per heavy atom. The van der Waals surface area contributed by atoms with Crippen molar-refractivity contribution in [2.45, 2.75) is 13.8 Å². The number of aryl methyl sites for hydroxylation is 1. The lowest BCUT2D eigenvalue weighted by Crippen LogP contribution is -2.22. The van der Waals surface area contributed by atoms with Gasteiger partial charge in [-0.15, -0.1) is 0 Å². The van der Waals surface area contributed by atoms with Gasteiger partial charge in [-0.05, 0) is 38.1 Å². The van der Waals surface area contributed by atoms with Crippen molar-refractivity contribution in [3.05, 3.63) is 64.8 Å². The minimum atomic E-state index is -0.645. The maximum Gasteiger partial charge on any atom is 0.254 e. The number of hydrogen-bond acceptors (Lipinski definition) is 6. The molecule has 128 valence electrons. The van der Waals surface area contributed by atoms with E-state index in [9.17, 15) is 4.79 Å². The van der Waals surface area contributed by atoms with Crippen LogP contribution in [0.4, 0.5) is 11.5 Å². The Hall–Kier alpha value is -3.06. The van der Waals surface area contributed by atoms with Gasteiger partial charge in [-0.1, -0.05) is 21.9 Å². The lowest BCUT2D eigenvalue weighted by Gasteiger charge is -2.24. The number of hydrogen-bond donors (Lipinski definition) is 1. The third kappa shape index (κ3) is 3.41. The Bertz CT molecular complexity index is 914. The molecule has 8 heteroatoms. The SMILES string of the molecule is C/C(=C(/C(N)=O)c1ccno1)N(c1ccc(Cl)cc1)c1cc(C)on1. The fourth-order valence-corrected chi connectivity index (χ4v) is 2.61. The van der Waals surface area contributed by atoms with E-state index in [0.717, 1.165) is 5.69 Å². The van der Waals surface area contributed by atoms with E-state index in [2.05, 4.69) is 10.3 Å². The minimum absolute atomic E-state index is 0.188. The van der Waals surface area contributed by atoms with Gasteiger partial charge < -0.3 is 14.8 Å². The molecule has 0 unspecified atom stereocenters. The van der Waals surface area contributed by atoms with Crippen molar-refractivity contribution in [3.8, 4) is 0 Å². The van der Waals surface area contributed by atoms with Crippen molar-refractivity contribution in [2.75, 3.05) is 4.90 Å². The van der Waals surface area contributed by atoms with Crippen LogP contribution in [-0.2, 0) is 4.79 Å². The van der Waals surface area contributed by atoms with E-state index in [-0.39, 0.29) is 11.3 Å². The van der Waals surface area contributed by atoms with Crippen LogP contribution >= 0.6 is 11.6 Å². The number of carbonyl (C=O) groups is 1. The summed E-state index contributed by atoms with van der Waals surface area (Å²) in [5.74, 6) is 0.746. The first-order valence-corrected chi connectivity index (χ1v) is 7.76. The predicted molar refractivity (Wildman–Crippen MR) is 93.1 cm³/mol. The first-order chi connectivity index (χ1) is 12.0. The molecule has 0 fully saturated rings. The van der Waals surface area contributed by atoms with Crippen molar-refractivity contribution in [1.82, 2.24) is 10.3 Å². The monoisotopic (exact) mass is 358 g/mol. The minimum Gasteiger partial charge on any atom is -0.365 e. The summed E-state index contributed by atoms with van der Waals surface area (Å²) in [4.78, 5) is 13.8. The average Bonchev–Trinajstić information content (AvgIpc) is 3.22. The fraction of sp³-hybridized carbons (Fsp3) is 0.118. The maximum absolute atomic E-state index is 12.1. The van der Waals surface area contributed by atoms with Gasteiger partial charge in [0.1, 0.15) is 11.3 Å². The lowest BCUT2D eigenvalue weighted by molar-refractivity contribution is -0.112. The molecule has 0 atom stereocenters. The van der Waals surface area contributed by atoms with E-state index in [1.807, 2.05) is 0 Å². The number of amides is 1. The van der Waals surface area contributed by atoms with Gasteiger partial charge in [-0.3, -0.25) is 9.69 Å². The van der Waals surface area contributed by atoms with Gasteiger partial charge in [0.05, 0.1) is 6.20 Å². The Morgan fingerprint density at radius 1 is 1.20 bits per heavy atom. The number of nitrogens with two attached hydrogens (primary N) is 1. The second-order valence-corrected chi connectivity index (χ2v) is 5.75. The van der Waals surface area contributed by atoms with Crippen LogP contribution in [0.3, 0.4) is 0 Å². The molecule has 0 aliphatic carbocycles. The molecule has 1 aromatic carbocycles. The molecular weight excluding hydrogens is 344 g/mol. The average molecular weight is 359 g/mol. The second-order valence-electron chi connectivity index (χ2n) is 5.31. The molecule has 7 nitrogen and oxygen atoms in total. The summed E-state index contributed by atoms with van der Waals surface area (Å²) >= 11 is 5.98. The molecule has 0 bridgehead atoms. The second kappa shape index (κ2) is 6.82. The topological polar surface area (TPSA) is 98.4 Å². The first-order valence-electron chi connectivity index (χ1n) is 7.38. The highest BCUT2D eigenvalue weighted by atomic mass is 35.5. The summed E-state index contributed by atoms with van der Waals surface area (Å²) in [5.41, 5.74) is 7.01. The number of allylic oxidation sites excluding steroid dienone is 1. The smallest absolute Gasteiger partial charge is 0.254 e. The standard InChI is InChI=1S/C17H15ClN4O3/c1-10-9-15(21-24-10)22(13-5-3-12(18)4-6-13)11(2)16(17(19)23)14-7-8-20-25-14/h3-9H,1-2H3,(H2,19,23)/b16-11-. The van der Waals surface area contributed by atoms with Crippen LogP contribution in [0.5, 0.6) is 0 Å². The molecule has 3 rings (SSSR count). The fourth-order valence-electron chi connectivity index (χ4n) is 2.48. The highest BCUT2D eigenvalue weighted by Crippen LogP contribution is 2.33. The highest BCUT2D eigenvalue weighted by Gasteiger charge is 2.24. The molecule has 2 aromatic heterocycles. The van der Waals surface area contributed by atoms with Gasteiger partial charge in [-0.25, -0.2) is 0 Å². The molecule has 0 aliphatic heterocycles. The van der Waals surface area contributed by atoms with Gasteiger partial charge in [-0.2, -0.15) is 0 Å². The quantitative estimate of drug-likeness (QED) is 0.698. The van der Waals surface area contributed by atoms with Crippen molar-refractivity contribution in [2.24, 2.45) is 5.73 Å². The number of halogens is 1. The molecule has 2 N–H and O–H groups in total. The number of benzene rings is 1. The summed E-state index contributed by atoms with van der Waals surface area (Å²) in [6, 6.07) is 10.4. The molecule has 0 spiro atoms. The van der Waals surface area contributed by atoms with Crippen LogP contribution in [0.25, 0.3) is 5.57 Å². The Kier molecular flexibility index (Phi) is 4.58. The molecule has 0 saturated heterocycles. The Balaban J connectivity index is 2.21. The number of rotatable bonds is 5. The highest BCUT2D eigenvalue weighted by molar-refractivity contribution is 6.30. The zero-order chi connectivity index (χ0) is 18.0. The van der Waals surface area contributed by atoms with Gasteiger partial charge in [0, 0.05) is 28.5 Å². The zero-order valence-corrected chi connectivity index (χ0v) is 14.3. The molecule has 1 amide bonds. The third-order valence-electron chi connectivity index (χ3n) is 3.56. The Morgan fingerprint density at radius 3 is 2.44 bits per heavy atom. The third-order valence-corrected chi connectivity index (χ3v) is 3.81. The first kappa shape index (κ1) is 16.8. The van der Waals surface area contributed by atoms with Crippen molar-refractivity contribution in [1.29, 1.82) is 0 Å². The van der Waals surface area contributed by atoms with E-state index in [0.29, 0.717) is 22.3 Å². The van der Waals surface area contributed by atoms with Crippen LogP contribution in [0.15, 0.2) is 57.3 Å². The number of nitrogens with zero attached hydrogens (tertiary/aromatic N) is 3. The van der Waals surface area contributed by atoms with Crippen molar-refractivity contribution < 1.29 is 13.8 Å². The molecule has 3 aromatic rings. The van der Waals surface area contributed by atoms with E-state index in [1.165, 1.54) is 6.20 Å². The summed E-state index contributed by atoms with van der Waals surface area (Å²) in [6.45, 7) is 3.52. The van der Waals surface area contributed by atoms with Gasteiger partial charge in [0.2, 0.25) is 0 Å². The molecule has 0 radical (unpaired) electrons. The van der Waals surface area contributed by atoms with E-state index in [4.69, 9.17) is 26.4 Å². The number of primary amides is 1. The largest absolute Gasteiger partial charge is 0.365 e. The van der Waals surface area contributed by atoms with Crippen molar-refractivity contribution >= 4 is 34.6 Å². The van der Waals surface area contributed by atoms with Crippen LogP contribution in [-0.4, -0.2) is 16.2 Å². The predicted octanol–water partition coefficient (Wildman–Crippen LogP) is 3.68. The molecule has 25 heavy (non-hydrogen) atoms. The summed E-state index contributed by atoms with van der Waals surface area (Å²) in [6.07, 6.45) is 1.44. The summed E-state index contributed by atoms with van der Waals surface area (Å²) < 4.78 is 10.3. The van der Waals surface area contributed by atoms with E-state index in [1.54, 1.807) is 55.1 Å². The van der Waals surface area contributed by atoms with Crippen LogP contribution < -0.4 is 10.6 Å². The lowest BCUT2D eigenvalue weighted by atomic mass is 10.1. The number of anilines is 2. The van der Waals surface area contributed by atoms with Gasteiger partial charge in [0.15, 0.2) is 11.6 Å². The van der Waals surface area contributed by atoms with Crippen molar-refractivity contribution in [3.63, 3.8) is 0 Å². The Labute approximate surface area is 148 Å². The maximum atomic E-state index is 12.1. The summed E-state index contributed by atoms with van der Waals surface area (Å²) in [5, 5.41) is 8.28. The molecule has 0 saturated carbocycles. The summed E-state index contributed by atoms with van der Waals surface area (Å²) in [7, 11) is 0. The molecule has 2 heterocycles. The molecular formula is C17H15ClN4O3. The molecule has 0 aliphatic rings. The normalized spacial score (nSPS) is 12.0.